The van der Waals surface area contributed by atoms with Crippen LogP contribution in [-0.2, 0) is 11.2 Å². The van der Waals surface area contributed by atoms with Gasteiger partial charge < -0.3 is 10.5 Å². The zero-order chi connectivity index (χ0) is 13.3. The standard InChI is InChI=1S/C14H21F2NO/c15-14(16,9-10-17)8-4-11-18-12-7-13-5-2-1-3-6-13/h1-3,5-6H,4,7-12,17H2. The van der Waals surface area contributed by atoms with Crippen molar-refractivity contribution in [3.8, 4) is 0 Å². The first-order valence-corrected chi connectivity index (χ1v) is 6.33. The molecule has 1 rings (SSSR count). The second-order valence-electron chi connectivity index (χ2n) is 4.35. The molecule has 4 heteroatoms. The molecule has 0 fully saturated rings. The molecule has 0 aliphatic carbocycles. The van der Waals surface area contributed by atoms with E-state index in [1.807, 2.05) is 30.3 Å². The van der Waals surface area contributed by atoms with Crippen molar-refractivity contribution >= 4 is 0 Å². The minimum absolute atomic E-state index is 0.0296. The van der Waals surface area contributed by atoms with Crippen LogP contribution in [0.4, 0.5) is 8.78 Å². The molecule has 0 saturated heterocycles. The molecule has 0 aliphatic heterocycles. The number of hydrogen-bond donors (Lipinski definition) is 1. The molecule has 0 aromatic heterocycles. The molecule has 102 valence electrons. The van der Waals surface area contributed by atoms with Crippen molar-refractivity contribution in [3.63, 3.8) is 0 Å². The minimum Gasteiger partial charge on any atom is -0.381 e. The van der Waals surface area contributed by atoms with Crippen LogP contribution in [0.2, 0.25) is 0 Å². The van der Waals surface area contributed by atoms with Gasteiger partial charge in [0, 0.05) is 19.4 Å². The molecule has 1 aromatic carbocycles. The van der Waals surface area contributed by atoms with Crippen LogP contribution < -0.4 is 5.73 Å². The highest BCUT2D eigenvalue weighted by molar-refractivity contribution is 5.14. The largest absolute Gasteiger partial charge is 0.381 e. The van der Waals surface area contributed by atoms with E-state index >= 15 is 0 Å². The maximum Gasteiger partial charge on any atom is 0.249 e. The van der Waals surface area contributed by atoms with Gasteiger partial charge in [-0.2, -0.15) is 0 Å². The summed E-state index contributed by atoms with van der Waals surface area (Å²) in [5.74, 6) is -2.64. The summed E-state index contributed by atoms with van der Waals surface area (Å²) in [6.45, 7) is 0.987. The Balaban J connectivity index is 2.02. The topological polar surface area (TPSA) is 35.2 Å². The van der Waals surface area contributed by atoms with Crippen LogP contribution in [0.25, 0.3) is 0 Å². The van der Waals surface area contributed by atoms with Crippen molar-refractivity contribution in [2.75, 3.05) is 19.8 Å². The Hall–Kier alpha value is -1.00. The monoisotopic (exact) mass is 257 g/mol. The summed E-state index contributed by atoms with van der Waals surface area (Å²) in [5, 5.41) is 0. The van der Waals surface area contributed by atoms with Crippen molar-refractivity contribution in [2.45, 2.75) is 31.6 Å². The molecule has 2 nitrogen and oxygen atoms in total. The number of rotatable bonds is 9. The third kappa shape index (κ3) is 6.67. The summed E-state index contributed by atoms with van der Waals surface area (Å²) in [6.07, 6.45) is 0.814. The maximum absolute atomic E-state index is 13.1. The molecule has 0 atom stereocenters. The second kappa shape index (κ2) is 8.16. The lowest BCUT2D eigenvalue weighted by molar-refractivity contribution is -0.0222. The van der Waals surface area contributed by atoms with E-state index in [9.17, 15) is 8.78 Å². The number of ether oxygens (including phenoxy) is 1. The zero-order valence-electron chi connectivity index (χ0n) is 10.6. The van der Waals surface area contributed by atoms with Crippen LogP contribution in [0.1, 0.15) is 24.8 Å². The molecular formula is C14H21F2NO. The van der Waals surface area contributed by atoms with Gasteiger partial charge in [0.1, 0.15) is 0 Å². The zero-order valence-corrected chi connectivity index (χ0v) is 10.6. The van der Waals surface area contributed by atoms with Crippen molar-refractivity contribution < 1.29 is 13.5 Å². The average molecular weight is 257 g/mol. The van der Waals surface area contributed by atoms with Gasteiger partial charge in [-0.1, -0.05) is 30.3 Å². The summed E-state index contributed by atoms with van der Waals surface area (Å²) in [7, 11) is 0. The fraction of sp³-hybridized carbons (Fsp3) is 0.571. The Morgan fingerprint density at radius 2 is 1.78 bits per heavy atom. The molecule has 0 bridgehead atoms. The lowest BCUT2D eigenvalue weighted by Gasteiger charge is -2.14. The Bertz CT molecular complexity index is 317. The highest BCUT2D eigenvalue weighted by Crippen LogP contribution is 2.23. The Labute approximate surface area is 107 Å². The van der Waals surface area contributed by atoms with Crippen molar-refractivity contribution in [3.05, 3.63) is 35.9 Å². The highest BCUT2D eigenvalue weighted by atomic mass is 19.3. The van der Waals surface area contributed by atoms with Crippen LogP contribution in [0.5, 0.6) is 0 Å². The summed E-state index contributed by atoms with van der Waals surface area (Å²) >= 11 is 0. The molecule has 2 N–H and O–H groups in total. The van der Waals surface area contributed by atoms with Crippen LogP contribution in [-0.4, -0.2) is 25.7 Å². The van der Waals surface area contributed by atoms with E-state index in [0.717, 1.165) is 6.42 Å². The first-order chi connectivity index (χ1) is 8.64. The molecule has 18 heavy (non-hydrogen) atoms. The van der Waals surface area contributed by atoms with E-state index < -0.39 is 5.92 Å². The molecule has 0 spiro atoms. The number of benzene rings is 1. The Morgan fingerprint density at radius 3 is 2.44 bits per heavy atom. The molecule has 0 aliphatic rings. The summed E-state index contributed by atoms with van der Waals surface area (Å²) < 4.78 is 31.5. The van der Waals surface area contributed by atoms with Gasteiger partial charge in [-0.05, 0) is 24.9 Å². The summed E-state index contributed by atoms with van der Waals surface area (Å²) in [5.41, 5.74) is 6.32. The van der Waals surface area contributed by atoms with E-state index in [0.29, 0.717) is 19.6 Å². The average Bonchev–Trinajstić information content (AvgIpc) is 2.35. The fourth-order valence-electron chi connectivity index (χ4n) is 1.71. The van der Waals surface area contributed by atoms with E-state index in [1.165, 1.54) is 5.56 Å². The summed E-state index contributed by atoms with van der Waals surface area (Å²) in [4.78, 5) is 0. The first kappa shape index (κ1) is 15.1. The Morgan fingerprint density at radius 1 is 1.06 bits per heavy atom. The molecule has 0 saturated carbocycles. The van der Waals surface area contributed by atoms with Gasteiger partial charge in [0.2, 0.25) is 5.92 Å². The van der Waals surface area contributed by atoms with Crippen molar-refractivity contribution in [2.24, 2.45) is 5.73 Å². The van der Waals surface area contributed by atoms with Crippen LogP contribution in [0.15, 0.2) is 30.3 Å². The number of alkyl halides is 2. The third-order valence-electron chi connectivity index (χ3n) is 2.72. The highest BCUT2D eigenvalue weighted by Gasteiger charge is 2.26. The lowest BCUT2D eigenvalue weighted by atomic mass is 10.1. The molecule has 0 amide bonds. The van der Waals surface area contributed by atoms with E-state index in [4.69, 9.17) is 10.5 Å². The van der Waals surface area contributed by atoms with Gasteiger partial charge >= 0.3 is 0 Å². The predicted molar refractivity (Wildman–Crippen MR) is 68.8 cm³/mol. The SMILES string of the molecule is NCCC(F)(F)CCCOCCc1ccccc1. The van der Waals surface area contributed by atoms with Crippen molar-refractivity contribution in [1.29, 1.82) is 0 Å². The number of nitrogens with two attached hydrogens (primary N) is 1. The Kier molecular flexibility index (Phi) is 6.83. The molecular weight excluding hydrogens is 236 g/mol. The molecule has 0 radical (unpaired) electrons. The number of halogens is 2. The van der Waals surface area contributed by atoms with Gasteiger partial charge in [0.05, 0.1) is 6.61 Å². The lowest BCUT2D eigenvalue weighted by Crippen LogP contribution is -2.21. The molecule has 0 heterocycles. The van der Waals surface area contributed by atoms with Crippen LogP contribution in [0.3, 0.4) is 0 Å². The van der Waals surface area contributed by atoms with Crippen LogP contribution in [0, 0.1) is 0 Å². The quantitative estimate of drug-likeness (QED) is 0.690. The summed E-state index contributed by atoms with van der Waals surface area (Å²) in [6, 6.07) is 9.97. The van der Waals surface area contributed by atoms with Gasteiger partial charge in [0.15, 0.2) is 0 Å². The normalized spacial score (nSPS) is 11.7. The maximum atomic E-state index is 13.1. The van der Waals surface area contributed by atoms with E-state index in [-0.39, 0.29) is 19.4 Å². The fourth-order valence-corrected chi connectivity index (χ4v) is 1.71. The second-order valence-corrected chi connectivity index (χ2v) is 4.35. The third-order valence-corrected chi connectivity index (χ3v) is 2.72. The number of hydrogen-bond acceptors (Lipinski definition) is 2. The molecule has 0 unspecified atom stereocenters. The van der Waals surface area contributed by atoms with Crippen molar-refractivity contribution in [1.82, 2.24) is 0 Å². The van der Waals surface area contributed by atoms with E-state index in [2.05, 4.69) is 0 Å². The van der Waals surface area contributed by atoms with Gasteiger partial charge in [0.25, 0.3) is 0 Å². The van der Waals surface area contributed by atoms with Gasteiger partial charge in [-0.15, -0.1) is 0 Å². The molecule has 1 aromatic rings. The predicted octanol–water partition coefficient (Wildman–Crippen LogP) is 3.01. The minimum atomic E-state index is -2.64. The van der Waals surface area contributed by atoms with Gasteiger partial charge in [-0.25, -0.2) is 8.78 Å². The smallest absolute Gasteiger partial charge is 0.249 e. The van der Waals surface area contributed by atoms with Gasteiger partial charge in [-0.3, -0.25) is 0 Å². The van der Waals surface area contributed by atoms with E-state index in [1.54, 1.807) is 0 Å². The first-order valence-electron chi connectivity index (χ1n) is 6.33. The van der Waals surface area contributed by atoms with Crippen LogP contribution >= 0.6 is 0 Å².